The summed E-state index contributed by atoms with van der Waals surface area (Å²) in [5.41, 5.74) is 6.35. The number of aromatic nitrogens is 1. The molecule has 1 N–H and O–H groups in total. The molecule has 7 nitrogen and oxygen atoms in total. The van der Waals surface area contributed by atoms with Crippen molar-refractivity contribution in [2.45, 2.75) is 65.6 Å². The van der Waals surface area contributed by atoms with Crippen LogP contribution in [0.25, 0.3) is 5.48 Å². The number of nitrogens with zero attached hydrogens (tertiary/aromatic N) is 3. The van der Waals surface area contributed by atoms with E-state index in [9.17, 15) is 9.90 Å². The Morgan fingerprint density at radius 2 is 2.00 bits per heavy atom. The Labute approximate surface area is 222 Å². The molecule has 1 amide bonds. The Bertz CT molecular complexity index is 831. The van der Waals surface area contributed by atoms with Gasteiger partial charge in [0.1, 0.15) is 5.76 Å². The Morgan fingerprint density at radius 3 is 2.45 bits per heavy atom. The summed E-state index contributed by atoms with van der Waals surface area (Å²) in [5.74, 6) is 3.44. The van der Waals surface area contributed by atoms with Gasteiger partial charge >= 0.3 is 0 Å². The molecular weight excluding hydrogens is 644 g/mol. The zero-order valence-electron chi connectivity index (χ0n) is 20.4. The summed E-state index contributed by atoms with van der Waals surface area (Å²) < 4.78 is 5.12. The van der Waals surface area contributed by atoms with Gasteiger partial charge in [-0.1, -0.05) is 57.3 Å². The van der Waals surface area contributed by atoms with Crippen LogP contribution in [0.5, 0.6) is 0 Å². The van der Waals surface area contributed by atoms with E-state index in [0.717, 1.165) is 16.8 Å². The molecule has 0 bridgehead atoms. The maximum absolute atomic E-state index is 11.9. The molecular formula is C25H36N3O4U-. The van der Waals surface area contributed by atoms with E-state index in [-0.39, 0.29) is 49.5 Å². The molecule has 1 atom stereocenters. The Kier molecular flexibility index (Phi) is 16.9. The van der Waals surface area contributed by atoms with Crippen molar-refractivity contribution in [3.8, 4) is 12.3 Å². The average molecular weight is 681 g/mol. The summed E-state index contributed by atoms with van der Waals surface area (Å²) in [6.45, 7) is 9.87. The molecule has 1 fully saturated rings. The van der Waals surface area contributed by atoms with Crippen LogP contribution in [0, 0.1) is 43.5 Å². The molecule has 33 heavy (non-hydrogen) atoms. The van der Waals surface area contributed by atoms with E-state index in [0.29, 0.717) is 37.8 Å². The number of likely N-dealkylation sites (tertiary alicyclic amines) is 1. The van der Waals surface area contributed by atoms with Crippen molar-refractivity contribution in [1.82, 2.24) is 10.1 Å². The Morgan fingerprint density at radius 1 is 1.36 bits per heavy atom. The predicted octanol–water partition coefficient (Wildman–Crippen LogP) is 4.45. The van der Waals surface area contributed by atoms with Crippen molar-refractivity contribution >= 4 is 5.91 Å². The van der Waals surface area contributed by atoms with Crippen LogP contribution in [0.15, 0.2) is 34.9 Å². The predicted molar refractivity (Wildman–Crippen MR) is 126 cm³/mol. The molecule has 2 aromatic rings. The fourth-order valence-electron chi connectivity index (χ4n) is 2.75. The summed E-state index contributed by atoms with van der Waals surface area (Å²) in [5, 5.41) is 13.3. The van der Waals surface area contributed by atoms with E-state index < -0.39 is 0 Å². The molecule has 2 heterocycles. The molecule has 8 heteroatoms. The molecule has 0 spiro atoms. The van der Waals surface area contributed by atoms with E-state index in [1.54, 1.807) is 11.9 Å². The van der Waals surface area contributed by atoms with Crippen molar-refractivity contribution in [1.29, 1.82) is 0 Å². The quantitative estimate of drug-likeness (QED) is 0.360. The zero-order valence-corrected chi connectivity index (χ0v) is 24.5. The first-order chi connectivity index (χ1) is 15.3. The van der Waals surface area contributed by atoms with Gasteiger partial charge in [-0.05, 0) is 30.0 Å². The smallest absolute Gasteiger partial charge is 0.230 e. The van der Waals surface area contributed by atoms with Crippen molar-refractivity contribution in [2.75, 3.05) is 20.1 Å². The van der Waals surface area contributed by atoms with Crippen LogP contribution in [-0.4, -0.2) is 47.3 Å². The van der Waals surface area contributed by atoms with Crippen molar-refractivity contribution < 1.29 is 50.4 Å². The first kappa shape index (κ1) is 31.4. The molecule has 0 radical (unpaired) electrons. The molecule has 3 rings (SSSR count). The van der Waals surface area contributed by atoms with Crippen molar-refractivity contribution in [2.24, 2.45) is 0 Å². The maximum atomic E-state index is 11.9. The Hall–Kier alpha value is -1.61. The van der Waals surface area contributed by atoms with Crippen molar-refractivity contribution in [3.05, 3.63) is 58.4 Å². The minimum atomic E-state index is -0.375. The number of β-amino-alcohol motifs (C(OH)–C–C–N with tert-alkyl or cyclic N) is 1. The monoisotopic (exact) mass is 680 g/mol. The summed E-state index contributed by atoms with van der Waals surface area (Å²) in [6.07, 6.45) is 6.97. The number of benzene rings is 1. The van der Waals surface area contributed by atoms with Crippen molar-refractivity contribution in [3.63, 3.8) is 0 Å². The molecule has 1 aliphatic heterocycles. The second-order valence-corrected chi connectivity index (χ2v) is 7.84. The first-order valence-electron chi connectivity index (χ1n) is 11.0. The number of aliphatic hydroxyl groups excluding tert-OH is 1. The third-order valence-corrected chi connectivity index (χ3v) is 4.49. The number of terminal acetylenes is 1. The van der Waals surface area contributed by atoms with Crippen LogP contribution in [-0.2, 0) is 22.7 Å². The second kappa shape index (κ2) is 17.8. The third kappa shape index (κ3) is 12.4. The van der Waals surface area contributed by atoms with Gasteiger partial charge in [-0.25, -0.2) is 0 Å². The zero-order chi connectivity index (χ0) is 23.9. The first-order valence-corrected chi connectivity index (χ1v) is 11.0. The van der Waals surface area contributed by atoms with Crippen LogP contribution >= 0.6 is 0 Å². The molecule has 1 aromatic heterocycles. The molecule has 1 aromatic carbocycles. The van der Waals surface area contributed by atoms with Gasteiger partial charge in [-0.15, -0.1) is 13.5 Å². The standard InChI is InChI=1S/C12H18N2O3.C10H10NO.C3H8.U/c1-8(2)11-5-10(17-13-11)6-12(16)14-4-3-9(15)7-14;1-3-9-4-6-10(7-5-9)8-12-11-2;1-3-2;/h5,8-9,15H,3-4,6-7H2,1-2H3;1,4-7H,8H2,2H3;3H2,1-2H3;/q;-1;;. The fraction of sp³-hybridized carbons (Fsp3) is 0.520. The largest absolute Gasteiger partial charge is 0.537 e. The number of amides is 1. The van der Waals surface area contributed by atoms with Crippen LogP contribution in [0.2, 0.25) is 0 Å². The molecule has 0 saturated carbocycles. The summed E-state index contributed by atoms with van der Waals surface area (Å²) in [7, 11) is 1.61. The maximum Gasteiger partial charge on any atom is 0.230 e. The topological polar surface area (TPSA) is 89.9 Å². The summed E-state index contributed by atoms with van der Waals surface area (Å²) >= 11 is 0. The number of hydrogen-bond acceptors (Lipinski definition) is 5. The number of rotatable bonds is 6. The Balaban J connectivity index is 0.000000564. The molecule has 180 valence electrons. The van der Waals surface area contributed by atoms with Crippen LogP contribution in [0.3, 0.4) is 0 Å². The average Bonchev–Trinajstić information content (AvgIpc) is 3.43. The second-order valence-electron chi connectivity index (χ2n) is 7.84. The molecule has 0 aliphatic carbocycles. The number of hydrogen-bond donors (Lipinski definition) is 1. The van der Waals surface area contributed by atoms with Crippen LogP contribution < -0.4 is 0 Å². The minimum absolute atomic E-state index is 0. The number of carbonyl (C=O) groups is 1. The molecule has 1 saturated heterocycles. The van der Waals surface area contributed by atoms with Crippen LogP contribution in [0.4, 0.5) is 0 Å². The van der Waals surface area contributed by atoms with Gasteiger partial charge in [0.25, 0.3) is 0 Å². The van der Waals surface area contributed by atoms with Gasteiger partial charge in [0, 0.05) is 55.8 Å². The van der Waals surface area contributed by atoms with Gasteiger partial charge < -0.3 is 24.8 Å². The molecule has 1 aliphatic rings. The van der Waals surface area contributed by atoms with Gasteiger partial charge in [0.05, 0.1) is 24.8 Å². The van der Waals surface area contributed by atoms with E-state index in [1.165, 1.54) is 6.42 Å². The fourth-order valence-corrected chi connectivity index (χ4v) is 2.75. The van der Waals surface area contributed by atoms with Gasteiger partial charge in [0.15, 0.2) is 0 Å². The van der Waals surface area contributed by atoms with Gasteiger partial charge in [-0.3, -0.25) is 4.79 Å². The molecule has 1 unspecified atom stereocenters. The van der Waals surface area contributed by atoms with E-state index in [1.807, 2.05) is 44.2 Å². The van der Waals surface area contributed by atoms with Gasteiger partial charge in [0.2, 0.25) is 5.91 Å². The van der Waals surface area contributed by atoms with Gasteiger partial charge in [-0.2, -0.15) is 0 Å². The van der Waals surface area contributed by atoms with E-state index >= 15 is 0 Å². The third-order valence-electron chi connectivity index (χ3n) is 4.49. The SMILES string of the molecule is C#Cc1ccc(CO[N-]C)cc1.CC(C)c1cc(CC(=O)N2CCC(O)C2)on1.CCC.[U]. The number of hydroxylamine groups is 1. The van der Waals surface area contributed by atoms with Crippen LogP contribution in [0.1, 0.15) is 69.0 Å². The summed E-state index contributed by atoms with van der Waals surface area (Å²) in [6, 6.07) is 9.46. The van der Waals surface area contributed by atoms with E-state index in [2.05, 4.69) is 30.4 Å². The number of carbonyl (C=O) groups excluding carboxylic acids is 1. The summed E-state index contributed by atoms with van der Waals surface area (Å²) in [4.78, 5) is 18.4. The van der Waals surface area contributed by atoms with E-state index in [4.69, 9.17) is 15.8 Å². The number of aliphatic hydroxyl groups is 1. The minimum Gasteiger partial charge on any atom is -0.537 e. The normalized spacial score (nSPS) is 14.4.